The maximum absolute atomic E-state index is 12.8. The molecule has 1 saturated heterocycles. The topological polar surface area (TPSA) is 75.4 Å². The summed E-state index contributed by atoms with van der Waals surface area (Å²) in [5, 5.41) is 2.79. The van der Waals surface area contributed by atoms with Crippen LogP contribution in [0, 0.1) is 5.92 Å². The lowest BCUT2D eigenvalue weighted by molar-refractivity contribution is -0.115. The summed E-state index contributed by atoms with van der Waals surface area (Å²) in [7, 11) is 0. The van der Waals surface area contributed by atoms with E-state index in [4.69, 9.17) is 5.73 Å². The predicted octanol–water partition coefficient (Wildman–Crippen LogP) is 1.38. The van der Waals surface area contributed by atoms with Gasteiger partial charge in [0.25, 0.3) is 5.91 Å². The Balaban J connectivity index is 1.85. The van der Waals surface area contributed by atoms with Gasteiger partial charge in [-0.3, -0.25) is 9.59 Å². The standard InChI is InChI=1S/C16H21N3O2/c1-10-3-2-6-19(14(10)9-17)16(21)11-4-5-13-12(7-11)8-15(20)18-13/h4-5,7,10,14H,2-3,6,8-9,17H2,1H3,(H,18,20). The molecular weight excluding hydrogens is 266 g/mol. The number of rotatable bonds is 2. The molecule has 5 heteroatoms. The van der Waals surface area contributed by atoms with E-state index in [9.17, 15) is 9.59 Å². The summed E-state index contributed by atoms with van der Waals surface area (Å²) in [6.07, 6.45) is 2.50. The molecule has 2 unspecified atom stereocenters. The summed E-state index contributed by atoms with van der Waals surface area (Å²) in [6.45, 7) is 3.42. The number of anilines is 1. The van der Waals surface area contributed by atoms with Crippen LogP contribution in [0.3, 0.4) is 0 Å². The number of nitrogens with two attached hydrogens (primary N) is 1. The minimum absolute atomic E-state index is 0.0129. The molecule has 21 heavy (non-hydrogen) atoms. The SMILES string of the molecule is CC1CCCN(C(=O)c2ccc3c(c2)CC(=O)N3)C1CN. The summed E-state index contributed by atoms with van der Waals surface area (Å²) >= 11 is 0. The van der Waals surface area contributed by atoms with Crippen LogP contribution in [0.2, 0.25) is 0 Å². The molecule has 2 aliphatic rings. The van der Waals surface area contributed by atoms with Gasteiger partial charge < -0.3 is 16.0 Å². The number of carbonyl (C=O) groups excluding carboxylic acids is 2. The van der Waals surface area contributed by atoms with Crippen molar-refractivity contribution in [1.29, 1.82) is 0 Å². The molecule has 5 nitrogen and oxygen atoms in total. The van der Waals surface area contributed by atoms with Crippen molar-refractivity contribution in [3.05, 3.63) is 29.3 Å². The highest BCUT2D eigenvalue weighted by atomic mass is 16.2. The van der Waals surface area contributed by atoms with Crippen LogP contribution in [0.25, 0.3) is 0 Å². The van der Waals surface area contributed by atoms with Gasteiger partial charge in [0, 0.05) is 30.4 Å². The van der Waals surface area contributed by atoms with Gasteiger partial charge in [-0.2, -0.15) is 0 Å². The van der Waals surface area contributed by atoms with Crippen LogP contribution in [0.4, 0.5) is 5.69 Å². The van der Waals surface area contributed by atoms with Gasteiger partial charge in [-0.05, 0) is 42.5 Å². The van der Waals surface area contributed by atoms with Crippen molar-refractivity contribution in [2.24, 2.45) is 11.7 Å². The van der Waals surface area contributed by atoms with E-state index < -0.39 is 0 Å². The average molecular weight is 287 g/mol. The molecule has 1 aromatic carbocycles. The van der Waals surface area contributed by atoms with Gasteiger partial charge in [0.05, 0.1) is 6.42 Å². The molecule has 2 atom stereocenters. The Hall–Kier alpha value is -1.88. The van der Waals surface area contributed by atoms with Gasteiger partial charge >= 0.3 is 0 Å². The van der Waals surface area contributed by atoms with E-state index in [2.05, 4.69) is 12.2 Å². The number of benzene rings is 1. The van der Waals surface area contributed by atoms with Crippen LogP contribution >= 0.6 is 0 Å². The molecule has 1 aromatic rings. The molecule has 3 N–H and O–H groups in total. The largest absolute Gasteiger partial charge is 0.334 e. The Bertz CT molecular complexity index is 585. The Morgan fingerprint density at radius 2 is 2.29 bits per heavy atom. The molecule has 0 aliphatic carbocycles. The molecule has 2 amide bonds. The molecule has 2 heterocycles. The molecule has 1 fully saturated rings. The maximum atomic E-state index is 12.8. The number of fused-ring (bicyclic) bond motifs is 1. The monoisotopic (exact) mass is 287 g/mol. The third-order valence-electron chi connectivity index (χ3n) is 4.60. The van der Waals surface area contributed by atoms with Crippen molar-refractivity contribution in [3.63, 3.8) is 0 Å². The Kier molecular flexibility index (Phi) is 3.68. The fourth-order valence-corrected chi connectivity index (χ4v) is 3.39. The van der Waals surface area contributed by atoms with Crippen molar-refractivity contribution in [2.75, 3.05) is 18.4 Å². The van der Waals surface area contributed by atoms with E-state index in [1.165, 1.54) is 0 Å². The van der Waals surface area contributed by atoms with Crippen LogP contribution in [0.5, 0.6) is 0 Å². The highest BCUT2D eigenvalue weighted by molar-refractivity contribution is 6.01. The number of hydrogen-bond acceptors (Lipinski definition) is 3. The molecular formula is C16H21N3O2. The van der Waals surface area contributed by atoms with Crippen LogP contribution in [0.15, 0.2) is 18.2 Å². The first-order chi connectivity index (χ1) is 10.1. The second-order valence-corrected chi connectivity index (χ2v) is 6.02. The van der Waals surface area contributed by atoms with Crippen molar-refractivity contribution < 1.29 is 9.59 Å². The van der Waals surface area contributed by atoms with Gasteiger partial charge in [0.2, 0.25) is 5.91 Å². The molecule has 0 radical (unpaired) electrons. The van der Waals surface area contributed by atoms with Crippen LogP contribution in [-0.4, -0.2) is 35.8 Å². The molecule has 0 saturated carbocycles. The molecule has 3 rings (SSSR count). The van der Waals surface area contributed by atoms with E-state index in [1.807, 2.05) is 17.0 Å². The Morgan fingerprint density at radius 3 is 3.05 bits per heavy atom. The summed E-state index contributed by atoms with van der Waals surface area (Å²) in [5.41, 5.74) is 8.23. The second-order valence-electron chi connectivity index (χ2n) is 6.02. The van der Waals surface area contributed by atoms with Crippen molar-refractivity contribution >= 4 is 17.5 Å². The number of likely N-dealkylation sites (tertiary alicyclic amines) is 1. The number of nitrogens with one attached hydrogen (secondary N) is 1. The summed E-state index contributed by atoms with van der Waals surface area (Å²) in [6, 6.07) is 5.56. The van der Waals surface area contributed by atoms with E-state index in [1.54, 1.807) is 6.07 Å². The number of amides is 2. The minimum Gasteiger partial charge on any atom is -0.334 e. The molecule has 2 aliphatic heterocycles. The first-order valence-electron chi connectivity index (χ1n) is 7.54. The van der Waals surface area contributed by atoms with E-state index in [-0.39, 0.29) is 17.9 Å². The molecule has 112 valence electrons. The fourth-order valence-electron chi connectivity index (χ4n) is 3.39. The molecule has 0 bridgehead atoms. The number of nitrogens with zero attached hydrogens (tertiary/aromatic N) is 1. The quantitative estimate of drug-likeness (QED) is 0.863. The van der Waals surface area contributed by atoms with Crippen LogP contribution < -0.4 is 11.1 Å². The number of carbonyl (C=O) groups is 2. The van der Waals surface area contributed by atoms with E-state index in [0.29, 0.717) is 24.4 Å². The number of piperidine rings is 1. The molecule has 0 aromatic heterocycles. The first-order valence-corrected chi connectivity index (χ1v) is 7.54. The lowest BCUT2D eigenvalue weighted by Gasteiger charge is -2.39. The Labute approximate surface area is 124 Å². The van der Waals surface area contributed by atoms with E-state index >= 15 is 0 Å². The van der Waals surface area contributed by atoms with Crippen molar-refractivity contribution in [2.45, 2.75) is 32.2 Å². The zero-order valence-electron chi connectivity index (χ0n) is 12.3. The van der Waals surface area contributed by atoms with Crippen molar-refractivity contribution in [3.8, 4) is 0 Å². The van der Waals surface area contributed by atoms with Crippen LogP contribution in [0.1, 0.15) is 35.7 Å². The normalized spacial score (nSPS) is 24.7. The third-order valence-corrected chi connectivity index (χ3v) is 4.60. The van der Waals surface area contributed by atoms with Crippen LogP contribution in [-0.2, 0) is 11.2 Å². The van der Waals surface area contributed by atoms with E-state index in [0.717, 1.165) is 30.6 Å². The number of hydrogen-bond donors (Lipinski definition) is 2. The summed E-state index contributed by atoms with van der Waals surface area (Å²) < 4.78 is 0. The third kappa shape index (κ3) is 2.53. The summed E-state index contributed by atoms with van der Waals surface area (Å²) in [5.74, 6) is 0.450. The van der Waals surface area contributed by atoms with Gasteiger partial charge in [-0.1, -0.05) is 6.92 Å². The zero-order valence-corrected chi connectivity index (χ0v) is 12.3. The lowest BCUT2D eigenvalue weighted by atomic mass is 9.90. The summed E-state index contributed by atoms with van der Waals surface area (Å²) in [4.78, 5) is 26.1. The van der Waals surface area contributed by atoms with Gasteiger partial charge in [-0.15, -0.1) is 0 Å². The minimum atomic E-state index is -0.0129. The molecule has 0 spiro atoms. The maximum Gasteiger partial charge on any atom is 0.254 e. The van der Waals surface area contributed by atoms with Gasteiger partial charge in [-0.25, -0.2) is 0 Å². The van der Waals surface area contributed by atoms with Gasteiger partial charge in [0.15, 0.2) is 0 Å². The zero-order chi connectivity index (χ0) is 15.0. The highest BCUT2D eigenvalue weighted by Crippen LogP contribution is 2.27. The fraction of sp³-hybridized carbons (Fsp3) is 0.500. The lowest BCUT2D eigenvalue weighted by Crippen LogP contribution is -2.51. The highest BCUT2D eigenvalue weighted by Gasteiger charge is 2.31. The smallest absolute Gasteiger partial charge is 0.254 e. The first kappa shape index (κ1) is 14.1. The second kappa shape index (κ2) is 5.48. The average Bonchev–Trinajstić information content (AvgIpc) is 2.85. The van der Waals surface area contributed by atoms with Crippen molar-refractivity contribution in [1.82, 2.24) is 4.90 Å². The Morgan fingerprint density at radius 1 is 1.48 bits per heavy atom. The predicted molar refractivity (Wildman–Crippen MR) is 81.1 cm³/mol. The van der Waals surface area contributed by atoms with Gasteiger partial charge in [0.1, 0.15) is 0 Å².